The summed E-state index contributed by atoms with van der Waals surface area (Å²) in [6.07, 6.45) is 1.72. The molecule has 2 aromatic carbocycles. The quantitative estimate of drug-likeness (QED) is 0.334. The Hall–Kier alpha value is -3.15. The van der Waals surface area contributed by atoms with Gasteiger partial charge in [-0.15, -0.1) is 16.8 Å². The fourth-order valence-electron chi connectivity index (χ4n) is 3.12. The van der Waals surface area contributed by atoms with Crippen LogP contribution in [0.2, 0.25) is 0 Å². The summed E-state index contributed by atoms with van der Waals surface area (Å²) >= 11 is 1.22. The molecule has 33 heavy (non-hydrogen) atoms. The Morgan fingerprint density at radius 2 is 2.00 bits per heavy atom. The predicted octanol–water partition coefficient (Wildman–Crippen LogP) is 3.09. The van der Waals surface area contributed by atoms with E-state index >= 15 is 0 Å². The number of para-hydroxylation sites is 1. The van der Waals surface area contributed by atoms with Crippen LogP contribution >= 0.6 is 11.8 Å². The minimum atomic E-state index is -3.63. The molecule has 2 N–H and O–H groups in total. The zero-order valence-electron chi connectivity index (χ0n) is 18.5. The predicted molar refractivity (Wildman–Crippen MR) is 129 cm³/mol. The smallest absolute Gasteiger partial charge is 0.240 e. The Bertz CT molecular complexity index is 1270. The molecule has 9 nitrogen and oxygen atoms in total. The number of carbonyl (C=O) groups excluding carboxylic acids is 1. The molecule has 0 aliphatic rings. The molecular formula is C22H25N5O4S2. The van der Waals surface area contributed by atoms with Crippen molar-refractivity contribution in [2.75, 3.05) is 25.2 Å². The molecule has 0 saturated heterocycles. The van der Waals surface area contributed by atoms with Crippen molar-refractivity contribution in [3.05, 3.63) is 60.7 Å². The molecule has 1 aromatic heterocycles. The largest absolute Gasteiger partial charge is 0.496 e. The molecule has 0 atom stereocenters. The maximum atomic E-state index is 12.6. The van der Waals surface area contributed by atoms with Gasteiger partial charge in [-0.25, -0.2) is 13.1 Å². The van der Waals surface area contributed by atoms with Crippen molar-refractivity contribution in [3.8, 4) is 17.1 Å². The van der Waals surface area contributed by atoms with E-state index in [0.717, 1.165) is 5.56 Å². The van der Waals surface area contributed by atoms with Gasteiger partial charge < -0.3 is 10.1 Å². The number of thioether (sulfide) groups is 1. The van der Waals surface area contributed by atoms with E-state index in [9.17, 15) is 13.2 Å². The number of ether oxygens (including phenoxy) is 1. The summed E-state index contributed by atoms with van der Waals surface area (Å²) in [4.78, 5) is 12.7. The SMILES string of the molecule is C=CCn1c(SCC(=O)Nc2ccc(C)c(S(=O)(=O)NC)c2)nnc1-c1ccccc1OC. The summed E-state index contributed by atoms with van der Waals surface area (Å²) in [6, 6.07) is 12.2. The maximum absolute atomic E-state index is 12.6. The number of sulfonamides is 1. The van der Waals surface area contributed by atoms with Crippen molar-refractivity contribution in [1.29, 1.82) is 0 Å². The Kier molecular flexibility index (Phi) is 7.90. The Balaban J connectivity index is 1.77. The highest BCUT2D eigenvalue weighted by molar-refractivity contribution is 7.99. The molecule has 1 heterocycles. The van der Waals surface area contributed by atoms with Gasteiger partial charge in [0.25, 0.3) is 0 Å². The standard InChI is InChI=1S/C22H25N5O4S2/c1-5-12-27-21(17-8-6-7-9-18(17)31-4)25-26-22(27)32-14-20(28)24-16-11-10-15(2)19(13-16)33(29,30)23-3/h5-11,13,23H,1,12,14H2,2-4H3,(H,24,28). The van der Waals surface area contributed by atoms with Crippen molar-refractivity contribution in [2.45, 2.75) is 23.5 Å². The monoisotopic (exact) mass is 487 g/mol. The summed E-state index contributed by atoms with van der Waals surface area (Å²) in [5.74, 6) is 1.03. The van der Waals surface area contributed by atoms with Gasteiger partial charge in [-0.2, -0.15) is 0 Å². The Morgan fingerprint density at radius 1 is 1.24 bits per heavy atom. The van der Waals surface area contributed by atoms with Gasteiger partial charge in [0.05, 0.1) is 23.3 Å². The van der Waals surface area contributed by atoms with Gasteiger partial charge in [-0.1, -0.05) is 36.0 Å². The van der Waals surface area contributed by atoms with E-state index in [0.29, 0.717) is 34.5 Å². The molecular weight excluding hydrogens is 462 g/mol. The lowest BCUT2D eigenvalue weighted by molar-refractivity contribution is -0.113. The first kappa shape index (κ1) is 24.5. The summed E-state index contributed by atoms with van der Waals surface area (Å²) in [5, 5.41) is 11.8. The molecule has 174 valence electrons. The van der Waals surface area contributed by atoms with Crippen molar-refractivity contribution in [3.63, 3.8) is 0 Å². The van der Waals surface area contributed by atoms with Crippen LogP contribution in [-0.2, 0) is 21.4 Å². The number of nitrogens with zero attached hydrogens (tertiary/aromatic N) is 3. The first-order valence-corrected chi connectivity index (χ1v) is 12.4. The van der Waals surface area contributed by atoms with E-state index in [2.05, 4.69) is 26.8 Å². The van der Waals surface area contributed by atoms with E-state index < -0.39 is 10.0 Å². The lowest BCUT2D eigenvalue weighted by Crippen LogP contribution is -2.20. The molecule has 1 amide bonds. The summed E-state index contributed by atoms with van der Waals surface area (Å²) < 4.78 is 33.9. The van der Waals surface area contributed by atoms with Gasteiger partial charge in [-0.3, -0.25) is 9.36 Å². The lowest BCUT2D eigenvalue weighted by atomic mass is 10.2. The molecule has 0 aliphatic carbocycles. The van der Waals surface area contributed by atoms with E-state index in [4.69, 9.17) is 4.74 Å². The fourth-order valence-corrected chi connectivity index (χ4v) is 4.86. The lowest BCUT2D eigenvalue weighted by Gasteiger charge is -2.11. The number of aryl methyl sites for hydroxylation is 1. The molecule has 3 rings (SSSR count). The Labute approximate surface area is 197 Å². The normalized spacial score (nSPS) is 11.2. The number of hydrogen-bond donors (Lipinski definition) is 2. The first-order valence-electron chi connectivity index (χ1n) is 9.95. The third-order valence-electron chi connectivity index (χ3n) is 4.74. The van der Waals surface area contributed by atoms with Crippen molar-refractivity contribution < 1.29 is 17.9 Å². The zero-order chi connectivity index (χ0) is 24.0. The van der Waals surface area contributed by atoms with Gasteiger partial charge in [0.2, 0.25) is 15.9 Å². The van der Waals surface area contributed by atoms with E-state index in [1.54, 1.807) is 32.2 Å². The second-order valence-electron chi connectivity index (χ2n) is 6.93. The minimum absolute atomic E-state index is 0.0587. The minimum Gasteiger partial charge on any atom is -0.496 e. The van der Waals surface area contributed by atoms with Gasteiger partial charge in [-0.05, 0) is 43.8 Å². The number of allylic oxidation sites excluding steroid dienone is 1. The molecule has 0 radical (unpaired) electrons. The van der Waals surface area contributed by atoms with E-state index in [1.165, 1.54) is 24.9 Å². The van der Waals surface area contributed by atoms with Crippen LogP contribution in [0.4, 0.5) is 5.69 Å². The number of aromatic nitrogens is 3. The molecule has 0 unspecified atom stereocenters. The van der Waals surface area contributed by atoms with Gasteiger partial charge in [0.15, 0.2) is 11.0 Å². The van der Waals surface area contributed by atoms with E-state index in [1.807, 2.05) is 28.8 Å². The van der Waals surface area contributed by atoms with E-state index in [-0.39, 0.29) is 16.6 Å². The zero-order valence-corrected chi connectivity index (χ0v) is 20.2. The van der Waals surface area contributed by atoms with Crippen molar-refractivity contribution >= 4 is 33.4 Å². The maximum Gasteiger partial charge on any atom is 0.240 e. The van der Waals surface area contributed by atoms with Gasteiger partial charge in [0.1, 0.15) is 5.75 Å². The molecule has 0 bridgehead atoms. The number of anilines is 1. The molecule has 0 fully saturated rings. The number of methoxy groups -OCH3 is 1. The van der Waals surface area contributed by atoms with Crippen LogP contribution in [0.5, 0.6) is 5.75 Å². The van der Waals surface area contributed by atoms with Crippen LogP contribution in [0.1, 0.15) is 5.56 Å². The van der Waals surface area contributed by atoms with Gasteiger partial charge >= 0.3 is 0 Å². The first-order chi connectivity index (χ1) is 15.8. The number of hydrogen-bond acceptors (Lipinski definition) is 7. The fraction of sp³-hybridized carbons (Fsp3) is 0.227. The highest BCUT2D eigenvalue weighted by atomic mass is 32.2. The van der Waals surface area contributed by atoms with Crippen LogP contribution in [0.15, 0.2) is 65.2 Å². The van der Waals surface area contributed by atoms with Crippen LogP contribution in [0.3, 0.4) is 0 Å². The van der Waals surface area contributed by atoms with Crippen molar-refractivity contribution in [2.24, 2.45) is 0 Å². The topological polar surface area (TPSA) is 115 Å². The molecule has 3 aromatic rings. The molecule has 11 heteroatoms. The average molecular weight is 488 g/mol. The average Bonchev–Trinajstić information content (AvgIpc) is 3.21. The summed E-state index contributed by atoms with van der Waals surface area (Å²) in [7, 11) is -0.700. The molecule has 0 saturated carbocycles. The molecule has 0 spiro atoms. The number of nitrogens with one attached hydrogen (secondary N) is 2. The van der Waals surface area contributed by atoms with Crippen LogP contribution < -0.4 is 14.8 Å². The number of amides is 1. The second kappa shape index (κ2) is 10.6. The summed E-state index contributed by atoms with van der Waals surface area (Å²) in [5.41, 5.74) is 1.75. The highest BCUT2D eigenvalue weighted by Crippen LogP contribution is 2.31. The van der Waals surface area contributed by atoms with Crippen LogP contribution in [0, 0.1) is 6.92 Å². The number of carbonyl (C=O) groups is 1. The molecule has 0 aliphatic heterocycles. The summed E-state index contributed by atoms with van der Waals surface area (Å²) in [6.45, 7) is 5.94. The van der Waals surface area contributed by atoms with Gasteiger partial charge in [0, 0.05) is 12.2 Å². The third-order valence-corrected chi connectivity index (χ3v) is 7.26. The Morgan fingerprint density at radius 3 is 2.70 bits per heavy atom. The number of rotatable bonds is 10. The third kappa shape index (κ3) is 5.62. The van der Waals surface area contributed by atoms with Crippen molar-refractivity contribution in [1.82, 2.24) is 19.5 Å². The number of benzene rings is 2. The highest BCUT2D eigenvalue weighted by Gasteiger charge is 2.19. The van der Waals surface area contributed by atoms with Crippen LogP contribution in [0.25, 0.3) is 11.4 Å². The van der Waals surface area contributed by atoms with Crippen LogP contribution in [-0.4, -0.2) is 49.0 Å². The second-order valence-corrected chi connectivity index (χ2v) is 9.73.